The van der Waals surface area contributed by atoms with Crippen LogP contribution in [0.25, 0.3) is 38.7 Å². The molecule has 3 unspecified atom stereocenters. The van der Waals surface area contributed by atoms with E-state index < -0.39 is 0 Å². The molecule has 2 aliphatic carbocycles. The molecule has 3 atom stereocenters. The lowest BCUT2D eigenvalue weighted by atomic mass is 9.73. The lowest BCUT2D eigenvalue weighted by Gasteiger charge is -2.36. The second-order valence-corrected chi connectivity index (χ2v) is 14.4. The van der Waals surface area contributed by atoms with E-state index in [-0.39, 0.29) is 18.1 Å². The number of hydrogen-bond donors (Lipinski definition) is 2. The van der Waals surface area contributed by atoms with Crippen molar-refractivity contribution in [3.63, 3.8) is 0 Å². The highest BCUT2D eigenvalue weighted by atomic mass is 15.3. The highest BCUT2D eigenvalue weighted by molar-refractivity contribution is 6.11. The summed E-state index contributed by atoms with van der Waals surface area (Å²) in [6.45, 7) is 0. The number of anilines is 1. The number of benzene rings is 6. The predicted octanol–water partition coefficient (Wildman–Crippen LogP) is 11.3. The Bertz CT molecular complexity index is 2640. The summed E-state index contributed by atoms with van der Waals surface area (Å²) in [5.41, 5.74) is 16.8. The van der Waals surface area contributed by atoms with Gasteiger partial charge in [0, 0.05) is 17.7 Å². The lowest BCUT2D eigenvalue weighted by molar-refractivity contribution is 0.375. The highest BCUT2D eigenvalue weighted by Crippen LogP contribution is 2.53. The van der Waals surface area contributed by atoms with Crippen LogP contribution in [0.15, 0.2) is 187 Å². The summed E-state index contributed by atoms with van der Waals surface area (Å²) in [6, 6.07) is 50.1. The van der Waals surface area contributed by atoms with E-state index in [0.717, 1.165) is 29.1 Å². The molecular weight excluding hydrogens is 645 g/mol. The third kappa shape index (κ3) is 4.79. The van der Waals surface area contributed by atoms with Gasteiger partial charge >= 0.3 is 0 Å². The Balaban J connectivity index is 1.11. The van der Waals surface area contributed by atoms with Crippen molar-refractivity contribution >= 4 is 44.7 Å². The number of rotatable bonds is 4. The first-order chi connectivity index (χ1) is 26.3. The van der Waals surface area contributed by atoms with Crippen LogP contribution in [-0.4, -0.2) is 16.8 Å². The molecule has 0 saturated heterocycles. The second-order valence-electron chi connectivity index (χ2n) is 14.4. The maximum absolute atomic E-state index is 5.48. The van der Waals surface area contributed by atoms with Crippen LogP contribution in [0.2, 0.25) is 0 Å². The van der Waals surface area contributed by atoms with Gasteiger partial charge in [0.2, 0.25) is 0 Å². The maximum atomic E-state index is 5.48. The van der Waals surface area contributed by atoms with Crippen molar-refractivity contribution in [3.8, 4) is 11.1 Å². The monoisotopic (exact) mass is 680 g/mol. The molecule has 4 heteroatoms. The van der Waals surface area contributed by atoms with Gasteiger partial charge in [-0.2, -0.15) is 0 Å². The zero-order valence-electron chi connectivity index (χ0n) is 29.1. The Labute approximate surface area is 309 Å². The minimum absolute atomic E-state index is 0.0747. The van der Waals surface area contributed by atoms with E-state index in [0.29, 0.717) is 0 Å². The Hall–Kier alpha value is -6.65. The predicted molar refractivity (Wildman–Crippen MR) is 219 cm³/mol. The van der Waals surface area contributed by atoms with Crippen molar-refractivity contribution in [1.29, 1.82) is 0 Å². The molecule has 0 radical (unpaired) electrons. The standard InChI is InChI=1S/C49H36N4/c1-4-14-31(15-5-1)39-29-42-43(51-47(34-19-8-3-9-20-34)46(50-42)33-17-6-2-7-18-33)30-40(39)35-24-25-37-41(28-35)45-36-21-11-10-16-32(36)23-26-38(45)48-49(37)53-27-13-12-22-44(53)52-48/h1-24,26-30,37,44,46,50,52H,25H2. The molecule has 6 aromatic rings. The van der Waals surface area contributed by atoms with Crippen LogP contribution in [-0.2, 0) is 0 Å². The molecule has 53 heavy (non-hydrogen) atoms. The van der Waals surface area contributed by atoms with Gasteiger partial charge in [0.25, 0.3) is 0 Å². The van der Waals surface area contributed by atoms with Crippen molar-refractivity contribution in [2.45, 2.75) is 18.6 Å². The average Bonchev–Trinajstić information content (AvgIpc) is 3.63. The van der Waals surface area contributed by atoms with Crippen molar-refractivity contribution in [1.82, 2.24) is 10.2 Å². The van der Waals surface area contributed by atoms with Crippen LogP contribution in [0.3, 0.4) is 0 Å². The molecule has 6 aromatic carbocycles. The summed E-state index contributed by atoms with van der Waals surface area (Å²) < 4.78 is 0. The molecule has 0 saturated carbocycles. The Morgan fingerprint density at radius 2 is 1.42 bits per heavy atom. The summed E-state index contributed by atoms with van der Waals surface area (Å²) in [5, 5.41) is 10.4. The first-order valence-corrected chi connectivity index (χ1v) is 18.6. The van der Waals surface area contributed by atoms with E-state index >= 15 is 0 Å². The molecule has 0 spiro atoms. The van der Waals surface area contributed by atoms with Gasteiger partial charge in [-0.3, -0.25) is 0 Å². The molecular formula is C49H36N4. The van der Waals surface area contributed by atoms with Gasteiger partial charge in [0.15, 0.2) is 0 Å². The quantitative estimate of drug-likeness (QED) is 0.195. The van der Waals surface area contributed by atoms with Crippen LogP contribution in [0, 0.1) is 5.92 Å². The third-order valence-corrected chi connectivity index (χ3v) is 11.4. The Morgan fingerprint density at radius 1 is 0.660 bits per heavy atom. The smallest absolute Gasteiger partial charge is 0.123 e. The number of nitrogens with zero attached hydrogens (tertiary/aromatic N) is 2. The largest absolute Gasteiger partial charge is 0.371 e. The van der Waals surface area contributed by atoms with Crippen molar-refractivity contribution in [3.05, 3.63) is 210 Å². The molecule has 3 heterocycles. The number of allylic oxidation sites excluding steroid dienone is 6. The van der Waals surface area contributed by atoms with Crippen LogP contribution in [0.4, 0.5) is 11.4 Å². The van der Waals surface area contributed by atoms with Crippen molar-refractivity contribution < 1.29 is 0 Å². The molecule has 0 aromatic heterocycles. The van der Waals surface area contributed by atoms with E-state index in [9.17, 15) is 0 Å². The molecule has 5 aliphatic rings. The summed E-state index contributed by atoms with van der Waals surface area (Å²) >= 11 is 0. The Kier molecular flexibility index (Phi) is 6.78. The fourth-order valence-electron chi connectivity index (χ4n) is 8.99. The average molecular weight is 681 g/mol. The molecule has 4 nitrogen and oxygen atoms in total. The van der Waals surface area contributed by atoms with E-state index in [2.05, 4.69) is 192 Å². The summed E-state index contributed by atoms with van der Waals surface area (Å²) in [7, 11) is 0. The van der Waals surface area contributed by atoms with Gasteiger partial charge in [0.05, 0.1) is 34.5 Å². The van der Waals surface area contributed by atoms with Crippen molar-refractivity contribution in [2.75, 3.05) is 5.32 Å². The van der Waals surface area contributed by atoms with E-state index in [4.69, 9.17) is 4.99 Å². The number of aliphatic imine (C=N–C) groups is 1. The molecule has 0 bridgehead atoms. The summed E-state index contributed by atoms with van der Waals surface area (Å²) in [6.07, 6.45) is 14.8. The SMILES string of the molecule is C1=CC2NC3=C(C4CC=C(c5cc6c(cc5-c5ccccc5)NC(c5ccccc5)C(c5ccccc5)=N6)C=C4c4c3ccc3ccccc43)N2C=C1. The van der Waals surface area contributed by atoms with Crippen LogP contribution < -0.4 is 10.6 Å². The zero-order valence-corrected chi connectivity index (χ0v) is 29.1. The van der Waals surface area contributed by atoms with Crippen LogP contribution >= 0.6 is 0 Å². The van der Waals surface area contributed by atoms with Crippen LogP contribution in [0.1, 0.15) is 40.3 Å². The minimum Gasteiger partial charge on any atom is -0.371 e. The molecule has 0 amide bonds. The first kappa shape index (κ1) is 30.0. The molecule has 0 fully saturated rings. The molecule has 252 valence electrons. The fourth-order valence-corrected chi connectivity index (χ4v) is 8.99. The van der Waals surface area contributed by atoms with E-state index in [1.165, 1.54) is 66.7 Å². The zero-order chi connectivity index (χ0) is 34.9. The van der Waals surface area contributed by atoms with E-state index in [1.807, 2.05) is 0 Å². The highest BCUT2D eigenvalue weighted by Gasteiger charge is 2.42. The Morgan fingerprint density at radius 3 is 2.25 bits per heavy atom. The normalized spacial score (nSPS) is 20.6. The number of fused-ring (bicyclic) bond motifs is 10. The topological polar surface area (TPSA) is 39.7 Å². The first-order valence-electron chi connectivity index (χ1n) is 18.6. The molecule has 2 N–H and O–H groups in total. The summed E-state index contributed by atoms with van der Waals surface area (Å²) in [5.74, 6) is 0.231. The van der Waals surface area contributed by atoms with Gasteiger partial charge in [-0.25, -0.2) is 4.99 Å². The van der Waals surface area contributed by atoms with Gasteiger partial charge < -0.3 is 15.5 Å². The van der Waals surface area contributed by atoms with Gasteiger partial charge in [-0.1, -0.05) is 146 Å². The fraction of sp³-hybridized carbons (Fsp3) is 0.0816. The molecule has 3 aliphatic heterocycles. The third-order valence-electron chi connectivity index (χ3n) is 11.4. The summed E-state index contributed by atoms with van der Waals surface area (Å²) in [4.78, 5) is 7.92. The number of hydrogen-bond acceptors (Lipinski definition) is 4. The van der Waals surface area contributed by atoms with Gasteiger partial charge in [-0.15, -0.1) is 0 Å². The number of nitrogens with one attached hydrogen (secondary N) is 2. The van der Waals surface area contributed by atoms with Crippen LogP contribution in [0.5, 0.6) is 0 Å². The maximum Gasteiger partial charge on any atom is 0.123 e. The lowest BCUT2D eigenvalue weighted by Crippen LogP contribution is -2.34. The van der Waals surface area contributed by atoms with Gasteiger partial charge in [0.1, 0.15) is 6.17 Å². The van der Waals surface area contributed by atoms with Crippen molar-refractivity contribution in [2.24, 2.45) is 10.9 Å². The molecule has 11 rings (SSSR count). The van der Waals surface area contributed by atoms with Gasteiger partial charge in [-0.05, 0) is 86.0 Å². The van der Waals surface area contributed by atoms with E-state index in [1.54, 1.807) is 0 Å². The second kappa shape index (κ2) is 12.0. The minimum atomic E-state index is -0.0747.